The summed E-state index contributed by atoms with van der Waals surface area (Å²) in [7, 11) is -4.67. The lowest BCUT2D eigenvalue weighted by Crippen LogP contribution is -2.27. The van der Waals surface area contributed by atoms with E-state index in [4.69, 9.17) is 9.05 Å². The van der Waals surface area contributed by atoms with Crippen LogP contribution in [0.2, 0.25) is 0 Å². The topological polar surface area (TPSA) is 64.6 Å². The first-order valence-corrected chi connectivity index (χ1v) is 11.9. The monoisotopic (exact) mass is 503 g/mol. The average Bonchev–Trinajstić information content (AvgIpc) is 2.69. The minimum absolute atomic E-state index is 0.0974. The average molecular weight is 504 g/mol. The summed E-state index contributed by atoms with van der Waals surface area (Å²) in [5, 5.41) is 2.81. The SMILES string of the molecule is CCOP(=O)(OCC)C(F)(F)c1ccc(CCNC(=O)Cc2ccccc2)cc1Br. The van der Waals surface area contributed by atoms with Crippen LogP contribution in [0, 0.1) is 0 Å². The number of hydrogen-bond donors (Lipinski definition) is 1. The molecule has 0 unspecified atom stereocenters. The van der Waals surface area contributed by atoms with Gasteiger partial charge in [0.15, 0.2) is 0 Å². The van der Waals surface area contributed by atoms with Crippen LogP contribution in [0.5, 0.6) is 0 Å². The van der Waals surface area contributed by atoms with Crippen molar-refractivity contribution in [3.8, 4) is 0 Å². The van der Waals surface area contributed by atoms with Gasteiger partial charge in [-0.25, -0.2) is 0 Å². The Morgan fingerprint density at radius 2 is 1.70 bits per heavy atom. The quantitative estimate of drug-likeness (QED) is 0.401. The Bertz CT molecular complexity index is 886. The van der Waals surface area contributed by atoms with E-state index in [2.05, 4.69) is 21.2 Å². The minimum atomic E-state index is -4.67. The molecule has 0 fully saturated rings. The van der Waals surface area contributed by atoms with Crippen molar-refractivity contribution in [2.24, 2.45) is 0 Å². The van der Waals surface area contributed by atoms with E-state index in [9.17, 15) is 18.1 Å². The van der Waals surface area contributed by atoms with Crippen LogP contribution in [0.1, 0.15) is 30.5 Å². The molecule has 2 rings (SSSR count). The lowest BCUT2D eigenvalue weighted by molar-refractivity contribution is -0.120. The second-order valence-electron chi connectivity index (χ2n) is 6.45. The largest absolute Gasteiger partial charge is 0.404 e. The molecule has 9 heteroatoms. The Balaban J connectivity index is 2.02. The van der Waals surface area contributed by atoms with Gasteiger partial charge in [-0.05, 0) is 37.5 Å². The molecule has 0 atom stereocenters. The number of rotatable bonds is 11. The highest BCUT2D eigenvalue weighted by Gasteiger charge is 2.55. The van der Waals surface area contributed by atoms with Gasteiger partial charge in [-0.1, -0.05) is 58.4 Å². The van der Waals surface area contributed by atoms with Gasteiger partial charge in [0.05, 0.1) is 19.6 Å². The molecule has 0 saturated carbocycles. The van der Waals surface area contributed by atoms with Gasteiger partial charge < -0.3 is 14.4 Å². The normalized spacial score (nSPS) is 12.0. The summed E-state index contributed by atoms with van der Waals surface area (Å²) in [6.07, 6.45) is 0.736. The number of hydrogen-bond acceptors (Lipinski definition) is 4. The number of halogens is 3. The van der Waals surface area contributed by atoms with Crippen LogP contribution in [0.15, 0.2) is 53.0 Å². The number of alkyl halides is 2. The molecular formula is C21H25BrF2NO4P. The highest BCUT2D eigenvalue weighted by molar-refractivity contribution is 9.10. The first-order chi connectivity index (χ1) is 14.2. The van der Waals surface area contributed by atoms with E-state index in [1.54, 1.807) is 0 Å². The van der Waals surface area contributed by atoms with Gasteiger partial charge in [-0.15, -0.1) is 0 Å². The molecule has 0 radical (unpaired) electrons. The fourth-order valence-corrected chi connectivity index (χ4v) is 5.23. The first-order valence-electron chi connectivity index (χ1n) is 9.60. The summed E-state index contributed by atoms with van der Waals surface area (Å²) in [5.41, 5.74) is -2.62. The molecule has 0 saturated heterocycles. The maximum atomic E-state index is 14.9. The highest BCUT2D eigenvalue weighted by Crippen LogP contribution is 2.67. The minimum Gasteiger partial charge on any atom is -0.355 e. The first kappa shape index (κ1) is 24.7. The second kappa shape index (κ2) is 11.1. The zero-order valence-electron chi connectivity index (χ0n) is 16.9. The van der Waals surface area contributed by atoms with Gasteiger partial charge >= 0.3 is 13.3 Å². The zero-order chi connectivity index (χ0) is 22.2. The third-order valence-corrected chi connectivity index (χ3v) is 7.02. The van der Waals surface area contributed by atoms with Crippen molar-refractivity contribution in [1.82, 2.24) is 5.32 Å². The van der Waals surface area contributed by atoms with Gasteiger partial charge in [0.2, 0.25) is 5.91 Å². The van der Waals surface area contributed by atoms with E-state index in [0.717, 1.165) is 11.1 Å². The zero-order valence-corrected chi connectivity index (χ0v) is 19.3. The van der Waals surface area contributed by atoms with E-state index in [1.165, 1.54) is 32.0 Å². The highest BCUT2D eigenvalue weighted by atomic mass is 79.9. The van der Waals surface area contributed by atoms with Gasteiger partial charge in [-0.2, -0.15) is 8.78 Å². The molecule has 30 heavy (non-hydrogen) atoms. The molecule has 5 nitrogen and oxygen atoms in total. The molecule has 2 aromatic rings. The van der Waals surface area contributed by atoms with Crippen LogP contribution in [0.4, 0.5) is 8.78 Å². The maximum Gasteiger partial charge on any atom is 0.404 e. The molecule has 0 bridgehead atoms. The lowest BCUT2D eigenvalue weighted by atomic mass is 10.1. The number of carbonyl (C=O) groups excluding carboxylic acids is 1. The Morgan fingerprint density at radius 3 is 2.27 bits per heavy atom. The Morgan fingerprint density at radius 1 is 1.07 bits per heavy atom. The second-order valence-corrected chi connectivity index (χ2v) is 9.38. The molecule has 0 heterocycles. The predicted octanol–water partition coefficient (Wildman–Crippen LogP) is 5.67. The van der Waals surface area contributed by atoms with Crippen molar-refractivity contribution in [3.63, 3.8) is 0 Å². The summed E-state index contributed by atoms with van der Waals surface area (Å²) in [5.74, 6) is -0.113. The molecule has 0 aliphatic heterocycles. The van der Waals surface area contributed by atoms with Crippen molar-refractivity contribution < 1.29 is 27.2 Å². The third-order valence-electron chi connectivity index (χ3n) is 4.24. The van der Waals surface area contributed by atoms with Crippen LogP contribution in [0.25, 0.3) is 0 Å². The number of benzene rings is 2. The molecule has 164 valence electrons. The molecule has 0 aliphatic rings. The van der Waals surface area contributed by atoms with Gasteiger partial charge in [-0.3, -0.25) is 9.36 Å². The van der Waals surface area contributed by atoms with Crippen LogP contribution in [-0.2, 0) is 36.9 Å². The Kier molecular flexibility index (Phi) is 9.16. The summed E-state index contributed by atoms with van der Waals surface area (Å²) >= 11 is 3.14. The van der Waals surface area contributed by atoms with Gasteiger partial charge in [0, 0.05) is 16.6 Å². The van der Waals surface area contributed by atoms with Gasteiger partial charge in [0.25, 0.3) is 0 Å². The summed E-state index contributed by atoms with van der Waals surface area (Å²) in [4.78, 5) is 12.0. The van der Waals surface area contributed by atoms with E-state index in [1.807, 2.05) is 30.3 Å². The van der Waals surface area contributed by atoms with Gasteiger partial charge in [0.1, 0.15) is 0 Å². The molecule has 0 spiro atoms. The molecule has 0 aromatic heterocycles. The standard InChI is InChI=1S/C21H25BrF2NO4P/c1-3-28-30(27,29-4-2)21(23,24)18-11-10-17(14-19(18)22)12-13-25-20(26)15-16-8-6-5-7-9-16/h5-11,14H,3-4,12-13,15H2,1-2H3,(H,25,26). The fourth-order valence-electron chi connectivity index (χ4n) is 2.83. The fraction of sp³-hybridized carbons (Fsp3) is 0.381. The van der Waals surface area contributed by atoms with Crippen LogP contribution in [-0.4, -0.2) is 25.7 Å². The summed E-state index contributed by atoms with van der Waals surface area (Å²) in [6, 6.07) is 13.6. The number of carbonyl (C=O) groups is 1. The number of amides is 1. The van der Waals surface area contributed by atoms with Crippen molar-refractivity contribution in [2.75, 3.05) is 19.8 Å². The molecule has 2 aromatic carbocycles. The van der Waals surface area contributed by atoms with Crippen molar-refractivity contribution in [2.45, 2.75) is 32.4 Å². The third kappa shape index (κ3) is 6.20. The molecular weight excluding hydrogens is 479 g/mol. The predicted molar refractivity (Wildman–Crippen MR) is 116 cm³/mol. The van der Waals surface area contributed by atoms with E-state index < -0.39 is 18.8 Å². The maximum absolute atomic E-state index is 14.9. The molecule has 0 aliphatic carbocycles. The summed E-state index contributed by atoms with van der Waals surface area (Å²) < 4.78 is 52.2. The van der Waals surface area contributed by atoms with Crippen molar-refractivity contribution in [3.05, 3.63) is 69.7 Å². The number of nitrogens with one attached hydrogen (secondary N) is 1. The summed E-state index contributed by atoms with van der Waals surface area (Å²) in [6.45, 7) is 3.00. The molecule has 1 amide bonds. The van der Waals surface area contributed by atoms with E-state index >= 15 is 0 Å². The van der Waals surface area contributed by atoms with Crippen LogP contribution < -0.4 is 5.32 Å². The lowest BCUT2D eigenvalue weighted by Gasteiger charge is -2.26. The van der Waals surface area contributed by atoms with Crippen molar-refractivity contribution in [1.29, 1.82) is 0 Å². The smallest absolute Gasteiger partial charge is 0.355 e. The van der Waals surface area contributed by atoms with E-state index in [0.29, 0.717) is 13.0 Å². The molecule has 1 N–H and O–H groups in total. The van der Waals surface area contributed by atoms with Crippen LogP contribution >= 0.6 is 23.5 Å². The van der Waals surface area contributed by atoms with Crippen LogP contribution in [0.3, 0.4) is 0 Å². The van der Waals surface area contributed by atoms with Crippen molar-refractivity contribution >= 4 is 29.4 Å². The Hall–Kier alpha value is -1.60. The van der Waals surface area contributed by atoms with E-state index in [-0.39, 0.29) is 30.0 Å². The Labute approximate surface area is 183 Å².